The van der Waals surface area contributed by atoms with E-state index >= 15 is 0 Å². The molecule has 2 aromatic rings. The van der Waals surface area contributed by atoms with Crippen molar-refractivity contribution in [3.05, 3.63) is 59.2 Å². The van der Waals surface area contributed by atoms with Gasteiger partial charge in [-0.25, -0.2) is 8.42 Å². The van der Waals surface area contributed by atoms with Crippen LogP contribution in [0.1, 0.15) is 29.5 Å². The number of aryl methyl sites for hydroxylation is 3. The molecule has 2 aromatic carbocycles. The summed E-state index contributed by atoms with van der Waals surface area (Å²) < 4.78 is 27.1. The highest BCUT2D eigenvalue weighted by molar-refractivity contribution is 7.89. The van der Waals surface area contributed by atoms with E-state index in [0.717, 1.165) is 22.4 Å². The second kappa shape index (κ2) is 7.82. The summed E-state index contributed by atoms with van der Waals surface area (Å²) in [6, 6.07) is 12.9. The molecule has 0 bridgehead atoms. The van der Waals surface area contributed by atoms with Gasteiger partial charge in [-0.05, 0) is 74.6 Å². The second-order valence-electron chi connectivity index (χ2n) is 7.36. The van der Waals surface area contributed by atoms with Gasteiger partial charge in [0.2, 0.25) is 15.9 Å². The lowest BCUT2D eigenvalue weighted by Gasteiger charge is -2.30. The summed E-state index contributed by atoms with van der Waals surface area (Å²) in [6.07, 6.45) is 1.06. The molecule has 27 heavy (non-hydrogen) atoms. The number of piperidine rings is 1. The number of amides is 1. The summed E-state index contributed by atoms with van der Waals surface area (Å²) in [5.74, 6) is -0.206. The SMILES string of the molecule is Cc1cc(C)cc(NC(=O)C2CCN(S(=O)(=O)c3cccc(C)c3)CC2)c1. The van der Waals surface area contributed by atoms with E-state index in [1.54, 1.807) is 18.2 Å². The molecule has 0 atom stereocenters. The van der Waals surface area contributed by atoms with Crippen LogP contribution in [0.15, 0.2) is 47.4 Å². The molecular weight excluding hydrogens is 360 g/mol. The van der Waals surface area contributed by atoms with Crippen LogP contribution in [0.2, 0.25) is 0 Å². The lowest BCUT2D eigenvalue weighted by Crippen LogP contribution is -2.41. The number of hydrogen-bond donors (Lipinski definition) is 1. The van der Waals surface area contributed by atoms with Crippen LogP contribution in [-0.4, -0.2) is 31.7 Å². The molecule has 6 heteroatoms. The van der Waals surface area contributed by atoms with Crippen molar-refractivity contribution in [3.63, 3.8) is 0 Å². The zero-order chi connectivity index (χ0) is 19.6. The smallest absolute Gasteiger partial charge is 0.243 e. The number of sulfonamides is 1. The van der Waals surface area contributed by atoms with Gasteiger partial charge in [0.1, 0.15) is 0 Å². The van der Waals surface area contributed by atoms with Crippen LogP contribution >= 0.6 is 0 Å². The fourth-order valence-corrected chi connectivity index (χ4v) is 5.15. The monoisotopic (exact) mass is 386 g/mol. The van der Waals surface area contributed by atoms with Crippen LogP contribution < -0.4 is 5.32 Å². The molecule has 1 aliphatic rings. The van der Waals surface area contributed by atoms with E-state index in [9.17, 15) is 13.2 Å². The van der Waals surface area contributed by atoms with E-state index < -0.39 is 10.0 Å². The standard InChI is InChI=1S/C21H26N2O3S/c1-15-5-4-6-20(14-15)27(25,26)23-9-7-18(8-10-23)21(24)22-19-12-16(2)11-17(3)13-19/h4-6,11-14,18H,7-10H2,1-3H3,(H,22,24). The molecule has 3 rings (SSSR count). The maximum absolute atomic E-state index is 12.8. The van der Waals surface area contributed by atoms with Crippen LogP contribution in [0, 0.1) is 26.7 Å². The number of nitrogens with one attached hydrogen (secondary N) is 1. The molecule has 0 spiro atoms. The first-order valence-corrected chi connectivity index (χ1v) is 10.7. The van der Waals surface area contributed by atoms with Gasteiger partial charge in [-0.3, -0.25) is 4.79 Å². The molecule has 1 N–H and O–H groups in total. The first kappa shape index (κ1) is 19.6. The van der Waals surface area contributed by atoms with Crippen LogP contribution in [-0.2, 0) is 14.8 Å². The zero-order valence-electron chi connectivity index (χ0n) is 16.0. The Labute approximate surface area is 161 Å². The topological polar surface area (TPSA) is 66.5 Å². The average molecular weight is 387 g/mol. The molecule has 1 saturated heterocycles. The Kier molecular flexibility index (Phi) is 5.67. The van der Waals surface area contributed by atoms with Crippen molar-refractivity contribution >= 4 is 21.6 Å². The van der Waals surface area contributed by atoms with Gasteiger partial charge in [0.05, 0.1) is 4.90 Å². The van der Waals surface area contributed by atoms with Gasteiger partial charge < -0.3 is 5.32 Å². The summed E-state index contributed by atoms with van der Waals surface area (Å²) in [5.41, 5.74) is 3.92. The number of benzene rings is 2. The maximum atomic E-state index is 12.8. The molecular formula is C21H26N2O3S. The molecule has 1 fully saturated rings. The summed E-state index contributed by atoms with van der Waals surface area (Å²) in [7, 11) is -3.50. The third-order valence-corrected chi connectivity index (χ3v) is 6.84. The van der Waals surface area contributed by atoms with E-state index in [-0.39, 0.29) is 11.8 Å². The van der Waals surface area contributed by atoms with Crippen LogP contribution in [0.4, 0.5) is 5.69 Å². The Morgan fingerprint density at radius 2 is 1.59 bits per heavy atom. The molecule has 0 aliphatic carbocycles. The zero-order valence-corrected chi connectivity index (χ0v) is 16.8. The van der Waals surface area contributed by atoms with Crippen LogP contribution in [0.3, 0.4) is 0 Å². The van der Waals surface area contributed by atoms with E-state index in [4.69, 9.17) is 0 Å². The fourth-order valence-electron chi connectivity index (χ4n) is 3.57. The van der Waals surface area contributed by atoms with Gasteiger partial charge in [-0.15, -0.1) is 0 Å². The minimum Gasteiger partial charge on any atom is -0.326 e. The molecule has 1 amide bonds. The highest BCUT2D eigenvalue weighted by Gasteiger charge is 2.32. The van der Waals surface area contributed by atoms with Crippen molar-refractivity contribution in [2.24, 2.45) is 5.92 Å². The molecule has 1 aliphatic heterocycles. The van der Waals surface area contributed by atoms with Crippen molar-refractivity contribution in [1.29, 1.82) is 0 Å². The van der Waals surface area contributed by atoms with E-state index in [1.165, 1.54) is 4.31 Å². The highest BCUT2D eigenvalue weighted by atomic mass is 32.2. The van der Waals surface area contributed by atoms with Gasteiger partial charge >= 0.3 is 0 Å². The Balaban J connectivity index is 1.63. The number of rotatable bonds is 4. The predicted molar refractivity (Wildman–Crippen MR) is 107 cm³/mol. The number of anilines is 1. The second-order valence-corrected chi connectivity index (χ2v) is 9.30. The largest absolute Gasteiger partial charge is 0.326 e. The van der Waals surface area contributed by atoms with Crippen molar-refractivity contribution in [2.75, 3.05) is 18.4 Å². The Morgan fingerprint density at radius 3 is 2.19 bits per heavy atom. The van der Waals surface area contributed by atoms with Gasteiger partial charge in [0, 0.05) is 24.7 Å². The minimum absolute atomic E-state index is 0.0346. The van der Waals surface area contributed by atoms with E-state index in [0.29, 0.717) is 30.8 Å². The van der Waals surface area contributed by atoms with Crippen molar-refractivity contribution in [3.8, 4) is 0 Å². The molecule has 0 aromatic heterocycles. The molecule has 0 unspecified atom stereocenters. The summed E-state index contributed by atoms with van der Waals surface area (Å²) in [4.78, 5) is 12.9. The lowest BCUT2D eigenvalue weighted by molar-refractivity contribution is -0.120. The molecule has 0 saturated carbocycles. The average Bonchev–Trinajstić information content (AvgIpc) is 2.61. The molecule has 0 radical (unpaired) electrons. The number of hydrogen-bond acceptors (Lipinski definition) is 3. The van der Waals surface area contributed by atoms with Crippen molar-refractivity contribution in [2.45, 2.75) is 38.5 Å². The van der Waals surface area contributed by atoms with Crippen molar-refractivity contribution in [1.82, 2.24) is 4.31 Å². The summed E-state index contributed by atoms with van der Waals surface area (Å²) in [6.45, 7) is 6.60. The Bertz CT molecular complexity index is 925. The third kappa shape index (κ3) is 4.57. The highest BCUT2D eigenvalue weighted by Crippen LogP contribution is 2.25. The number of carbonyl (C=O) groups excluding carboxylic acids is 1. The number of nitrogens with zero attached hydrogens (tertiary/aromatic N) is 1. The van der Waals surface area contributed by atoms with Gasteiger partial charge in [-0.2, -0.15) is 4.31 Å². The maximum Gasteiger partial charge on any atom is 0.243 e. The molecule has 5 nitrogen and oxygen atoms in total. The third-order valence-electron chi connectivity index (χ3n) is 4.94. The Morgan fingerprint density at radius 1 is 0.963 bits per heavy atom. The molecule has 144 valence electrons. The normalized spacial score (nSPS) is 16.3. The van der Waals surface area contributed by atoms with E-state index in [2.05, 4.69) is 11.4 Å². The Hall–Kier alpha value is -2.18. The van der Waals surface area contributed by atoms with Crippen LogP contribution in [0.5, 0.6) is 0 Å². The fraction of sp³-hybridized carbons (Fsp3) is 0.381. The first-order valence-electron chi connectivity index (χ1n) is 9.22. The predicted octanol–water partition coefficient (Wildman–Crippen LogP) is 3.65. The van der Waals surface area contributed by atoms with E-state index in [1.807, 2.05) is 39.0 Å². The minimum atomic E-state index is -3.50. The van der Waals surface area contributed by atoms with Gasteiger partial charge in [-0.1, -0.05) is 18.2 Å². The lowest BCUT2D eigenvalue weighted by atomic mass is 9.97. The van der Waals surface area contributed by atoms with Gasteiger partial charge in [0.15, 0.2) is 0 Å². The summed E-state index contributed by atoms with van der Waals surface area (Å²) in [5, 5.41) is 2.98. The van der Waals surface area contributed by atoms with Crippen LogP contribution in [0.25, 0.3) is 0 Å². The van der Waals surface area contributed by atoms with Gasteiger partial charge in [0.25, 0.3) is 0 Å². The van der Waals surface area contributed by atoms with Crippen molar-refractivity contribution < 1.29 is 13.2 Å². The number of carbonyl (C=O) groups is 1. The first-order chi connectivity index (χ1) is 12.8. The quantitative estimate of drug-likeness (QED) is 0.872. The summed E-state index contributed by atoms with van der Waals surface area (Å²) >= 11 is 0. The molecule has 1 heterocycles.